The highest BCUT2D eigenvalue weighted by molar-refractivity contribution is 5.36. The van der Waals surface area contributed by atoms with E-state index in [1.54, 1.807) is 12.3 Å². The number of hydrogen-bond donors (Lipinski definition) is 1. The third kappa shape index (κ3) is 2.76. The molecule has 0 saturated carbocycles. The molecular formula is C12H10F2N2O. The van der Waals surface area contributed by atoms with Crippen molar-refractivity contribution in [1.82, 2.24) is 4.98 Å². The average Bonchev–Trinajstić information content (AvgIpc) is 2.28. The maximum absolute atomic E-state index is 13.0. The molecule has 0 amide bonds. The molecule has 0 radical (unpaired) electrons. The summed E-state index contributed by atoms with van der Waals surface area (Å²) in [5.41, 5.74) is 6.16. The van der Waals surface area contributed by atoms with Crippen molar-refractivity contribution >= 4 is 0 Å². The van der Waals surface area contributed by atoms with Crippen molar-refractivity contribution in [2.45, 2.75) is 6.54 Å². The van der Waals surface area contributed by atoms with Crippen LogP contribution in [0.4, 0.5) is 8.78 Å². The summed E-state index contributed by atoms with van der Waals surface area (Å²) in [6.07, 6.45) is 3.06. The van der Waals surface area contributed by atoms with Crippen molar-refractivity contribution in [2.75, 3.05) is 0 Å². The molecule has 2 rings (SSSR count). The van der Waals surface area contributed by atoms with Gasteiger partial charge >= 0.3 is 0 Å². The van der Waals surface area contributed by atoms with Crippen LogP contribution in [0.5, 0.6) is 11.5 Å². The molecule has 0 bridgehead atoms. The Morgan fingerprint density at radius 1 is 1.18 bits per heavy atom. The van der Waals surface area contributed by atoms with Crippen LogP contribution in [0, 0.1) is 11.6 Å². The van der Waals surface area contributed by atoms with E-state index < -0.39 is 11.6 Å². The number of rotatable bonds is 3. The SMILES string of the molecule is NCc1cnccc1Oc1cc(F)cc(F)c1. The van der Waals surface area contributed by atoms with Gasteiger partial charge in [0.25, 0.3) is 0 Å². The van der Waals surface area contributed by atoms with Crippen molar-refractivity contribution in [1.29, 1.82) is 0 Å². The van der Waals surface area contributed by atoms with Crippen LogP contribution in [-0.2, 0) is 6.54 Å². The van der Waals surface area contributed by atoms with Crippen LogP contribution in [0.3, 0.4) is 0 Å². The maximum Gasteiger partial charge on any atom is 0.134 e. The van der Waals surface area contributed by atoms with Gasteiger partial charge in [0.05, 0.1) is 0 Å². The van der Waals surface area contributed by atoms with E-state index in [0.717, 1.165) is 18.2 Å². The number of aromatic nitrogens is 1. The Kier molecular flexibility index (Phi) is 3.30. The number of nitrogens with zero attached hydrogens (tertiary/aromatic N) is 1. The molecule has 0 saturated heterocycles. The number of nitrogens with two attached hydrogens (primary N) is 1. The predicted octanol–water partition coefficient (Wildman–Crippen LogP) is 2.61. The minimum atomic E-state index is -0.691. The Hall–Kier alpha value is -2.01. The van der Waals surface area contributed by atoms with Crippen LogP contribution in [0.25, 0.3) is 0 Å². The van der Waals surface area contributed by atoms with Gasteiger partial charge in [-0.25, -0.2) is 8.78 Å². The Balaban J connectivity index is 2.31. The smallest absolute Gasteiger partial charge is 0.134 e. The van der Waals surface area contributed by atoms with Crippen molar-refractivity contribution in [2.24, 2.45) is 5.73 Å². The fourth-order valence-corrected chi connectivity index (χ4v) is 1.38. The standard InChI is InChI=1S/C12H10F2N2O/c13-9-3-10(14)5-11(4-9)17-12-1-2-16-7-8(12)6-15/h1-5,7H,6,15H2. The number of halogens is 2. The molecule has 0 fully saturated rings. The third-order valence-corrected chi connectivity index (χ3v) is 2.14. The zero-order chi connectivity index (χ0) is 12.3. The molecule has 0 spiro atoms. The van der Waals surface area contributed by atoms with Gasteiger partial charge in [-0.15, -0.1) is 0 Å². The quantitative estimate of drug-likeness (QED) is 0.891. The van der Waals surface area contributed by atoms with E-state index in [4.69, 9.17) is 10.5 Å². The lowest BCUT2D eigenvalue weighted by Crippen LogP contribution is -2.00. The molecule has 3 nitrogen and oxygen atoms in total. The van der Waals surface area contributed by atoms with Crippen molar-refractivity contribution in [3.63, 3.8) is 0 Å². The molecule has 1 heterocycles. The molecule has 0 unspecified atom stereocenters. The van der Waals surface area contributed by atoms with E-state index in [-0.39, 0.29) is 12.3 Å². The van der Waals surface area contributed by atoms with Crippen LogP contribution in [0.2, 0.25) is 0 Å². The van der Waals surface area contributed by atoms with Crippen LogP contribution in [0.15, 0.2) is 36.7 Å². The van der Waals surface area contributed by atoms with Crippen molar-refractivity contribution in [3.05, 3.63) is 53.9 Å². The Morgan fingerprint density at radius 2 is 1.88 bits per heavy atom. The first-order valence-electron chi connectivity index (χ1n) is 4.96. The van der Waals surface area contributed by atoms with Gasteiger partial charge in [-0.2, -0.15) is 0 Å². The highest BCUT2D eigenvalue weighted by Crippen LogP contribution is 2.25. The second-order valence-electron chi connectivity index (χ2n) is 3.39. The Bertz CT molecular complexity index is 511. The summed E-state index contributed by atoms with van der Waals surface area (Å²) in [6, 6.07) is 4.57. The summed E-state index contributed by atoms with van der Waals surface area (Å²) < 4.78 is 31.3. The maximum atomic E-state index is 13.0. The lowest BCUT2D eigenvalue weighted by molar-refractivity contribution is 0.462. The summed E-state index contributed by atoms with van der Waals surface area (Å²) in [6.45, 7) is 0.237. The monoisotopic (exact) mass is 236 g/mol. The largest absolute Gasteiger partial charge is 0.457 e. The Morgan fingerprint density at radius 3 is 2.53 bits per heavy atom. The number of ether oxygens (including phenoxy) is 1. The predicted molar refractivity (Wildman–Crippen MR) is 58.6 cm³/mol. The molecule has 1 aromatic heterocycles. The van der Waals surface area contributed by atoms with Gasteiger partial charge in [-0.05, 0) is 6.07 Å². The highest BCUT2D eigenvalue weighted by Gasteiger charge is 2.06. The molecule has 0 aliphatic carbocycles. The van der Waals surface area contributed by atoms with Gasteiger partial charge < -0.3 is 10.5 Å². The van der Waals surface area contributed by atoms with Crippen molar-refractivity contribution < 1.29 is 13.5 Å². The van der Waals surface area contributed by atoms with Gasteiger partial charge in [0, 0.05) is 42.7 Å². The van der Waals surface area contributed by atoms with Crippen LogP contribution in [0.1, 0.15) is 5.56 Å². The molecule has 1 aromatic carbocycles. The minimum absolute atomic E-state index is 0.0865. The average molecular weight is 236 g/mol. The summed E-state index contributed by atoms with van der Waals surface area (Å²) >= 11 is 0. The van der Waals surface area contributed by atoms with E-state index in [1.165, 1.54) is 6.20 Å². The lowest BCUT2D eigenvalue weighted by Gasteiger charge is -2.09. The summed E-state index contributed by atoms with van der Waals surface area (Å²) in [4.78, 5) is 3.88. The van der Waals surface area contributed by atoms with Gasteiger partial charge in [-0.1, -0.05) is 0 Å². The van der Waals surface area contributed by atoms with E-state index in [1.807, 2.05) is 0 Å². The molecule has 88 valence electrons. The molecule has 17 heavy (non-hydrogen) atoms. The van der Waals surface area contributed by atoms with E-state index in [0.29, 0.717) is 11.3 Å². The topological polar surface area (TPSA) is 48.1 Å². The molecular weight excluding hydrogens is 226 g/mol. The van der Waals surface area contributed by atoms with Gasteiger partial charge in [0.2, 0.25) is 0 Å². The molecule has 0 atom stereocenters. The second-order valence-corrected chi connectivity index (χ2v) is 3.39. The molecule has 0 aliphatic rings. The first-order valence-corrected chi connectivity index (χ1v) is 4.96. The number of pyridine rings is 1. The van der Waals surface area contributed by atoms with Crippen molar-refractivity contribution in [3.8, 4) is 11.5 Å². The first kappa shape index (κ1) is 11.5. The van der Waals surface area contributed by atoms with Gasteiger partial charge in [-0.3, -0.25) is 4.98 Å². The normalized spacial score (nSPS) is 10.3. The van der Waals surface area contributed by atoms with E-state index in [2.05, 4.69) is 4.98 Å². The van der Waals surface area contributed by atoms with Gasteiger partial charge in [0.15, 0.2) is 0 Å². The van der Waals surface area contributed by atoms with Crippen LogP contribution >= 0.6 is 0 Å². The fraction of sp³-hybridized carbons (Fsp3) is 0.0833. The first-order chi connectivity index (χ1) is 8.19. The minimum Gasteiger partial charge on any atom is -0.457 e. The summed E-state index contributed by atoms with van der Waals surface area (Å²) in [7, 11) is 0. The molecule has 5 heteroatoms. The lowest BCUT2D eigenvalue weighted by atomic mass is 10.2. The van der Waals surface area contributed by atoms with E-state index >= 15 is 0 Å². The fourth-order valence-electron chi connectivity index (χ4n) is 1.38. The third-order valence-electron chi connectivity index (χ3n) is 2.14. The zero-order valence-electron chi connectivity index (χ0n) is 8.86. The summed E-state index contributed by atoms with van der Waals surface area (Å²) in [5.74, 6) is -0.859. The second kappa shape index (κ2) is 4.88. The molecule has 2 N–H and O–H groups in total. The molecule has 0 aliphatic heterocycles. The summed E-state index contributed by atoms with van der Waals surface area (Å²) in [5, 5.41) is 0. The number of hydrogen-bond acceptors (Lipinski definition) is 3. The van der Waals surface area contributed by atoms with Crippen LogP contribution in [-0.4, -0.2) is 4.98 Å². The van der Waals surface area contributed by atoms with Gasteiger partial charge in [0.1, 0.15) is 23.1 Å². The van der Waals surface area contributed by atoms with E-state index in [9.17, 15) is 8.78 Å². The van der Waals surface area contributed by atoms with Crippen LogP contribution < -0.4 is 10.5 Å². The highest BCUT2D eigenvalue weighted by atomic mass is 19.1. The zero-order valence-corrected chi connectivity index (χ0v) is 8.86. The Labute approximate surface area is 96.9 Å². The number of benzene rings is 1. The molecule has 2 aromatic rings.